The summed E-state index contributed by atoms with van der Waals surface area (Å²) in [7, 11) is 1.77. The minimum absolute atomic E-state index is 0.0467. The summed E-state index contributed by atoms with van der Waals surface area (Å²) < 4.78 is 35.6. The number of hydrogen-bond acceptors (Lipinski definition) is 6. The van der Waals surface area contributed by atoms with Crippen molar-refractivity contribution < 1.29 is 23.1 Å². The molecule has 2 N–H and O–H groups in total. The Morgan fingerprint density at radius 3 is 2.61 bits per heavy atom. The average molecular weight is 586 g/mol. The molecule has 1 aliphatic rings. The quantitative estimate of drug-likeness (QED) is 0.334. The smallest absolute Gasteiger partial charge is 0.256 e. The Bertz CT molecular complexity index is 1410. The van der Waals surface area contributed by atoms with Crippen LogP contribution in [0.25, 0.3) is 11.1 Å². The van der Waals surface area contributed by atoms with Crippen molar-refractivity contribution in [3.05, 3.63) is 76.4 Å². The molecule has 2 amide bonds. The van der Waals surface area contributed by atoms with Gasteiger partial charge in [-0.2, -0.15) is 0 Å². The summed E-state index contributed by atoms with van der Waals surface area (Å²) in [6, 6.07) is 10.3. The van der Waals surface area contributed by atoms with Gasteiger partial charge in [0.2, 0.25) is 5.88 Å². The third-order valence-corrected chi connectivity index (χ3v) is 7.37. The lowest BCUT2D eigenvalue weighted by Gasteiger charge is -2.43. The van der Waals surface area contributed by atoms with Gasteiger partial charge >= 0.3 is 0 Å². The van der Waals surface area contributed by atoms with E-state index >= 15 is 4.39 Å². The molecule has 41 heavy (non-hydrogen) atoms. The highest BCUT2D eigenvalue weighted by Gasteiger charge is 2.33. The Labute approximate surface area is 243 Å². The molecule has 0 radical (unpaired) electrons. The molecule has 1 atom stereocenters. The molecule has 218 valence electrons. The highest BCUT2D eigenvalue weighted by Crippen LogP contribution is 2.37. The van der Waals surface area contributed by atoms with Crippen molar-refractivity contribution in [1.29, 1.82) is 0 Å². The summed E-state index contributed by atoms with van der Waals surface area (Å²) in [5.74, 6) is -1.76. The molecular weight excluding hydrogens is 552 g/mol. The zero-order valence-electron chi connectivity index (χ0n) is 23.3. The van der Waals surface area contributed by atoms with Crippen LogP contribution >= 0.6 is 11.6 Å². The van der Waals surface area contributed by atoms with Crippen LogP contribution in [0.5, 0.6) is 5.88 Å². The van der Waals surface area contributed by atoms with Gasteiger partial charge in [-0.3, -0.25) is 9.59 Å². The van der Waals surface area contributed by atoms with E-state index in [4.69, 9.17) is 16.3 Å². The van der Waals surface area contributed by atoms with Gasteiger partial charge in [0.25, 0.3) is 11.8 Å². The lowest BCUT2D eigenvalue weighted by Crippen LogP contribution is -2.55. The van der Waals surface area contributed by atoms with Gasteiger partial charge in [-0.05, 0) is 62.9 Å². The third-order valence-electron chi connectivity index (χ3n) is 7.06. The topological polar surface area (TPSA) is 86.8 Å². The summed E-state index contributed by atoms with van der Waals surface area (Å²) in [6.45, 7) is 5.96. The third kappa shape index (κ3) is 6.60. The van der Waals surface area contributed by atoms with E-state index < -0.39 is 17.5 Å². The average Bonchev–Trinajstić information content (AvgIpc) is 2.97. The van der Waals surface area contributed by atoms with Gasteiger partial charge in [0, 0.05) is 56.1 Å². The van der Waals surface area contributed by atoms with Crippen molar-refractivity contribution in [2.45, 2.75) is 26.3 Å². The zero-order chi connectivity index (χ0) is 29.5. The van der Waals surface area contributed by atoms with Crippen LogP contribution in [-0.4, -0.2) is 74.1 Å². The Hall–Kier alpha value is -3.76. The van der Waals surface area contributed by atoms with E-state index in [1.807, 2.05) is 18.7 Å². The highest BCUT2D eigenvalue weighted by molar-refractivity contribution is 6.33. The van der Waals surface area contributed by atoms with E-state index in [2.05, 4.69) is 15.6 Å². The first-order valence-electron chi connectivity index (χ1n) is 13.6. The summed E-state index contributed by atoms with van der Waals surface area (Å²) in [6.07, 6.45) is 2.19. The number of nitrogens with zero attached hydrogens (tertiary/aromatic N) is 3. The largest absolute Gasteiger partial charge is 0.478 e. The fourth-order valence-electron chi connectivity index (χ4n) is 5.01. The summed E-state index contributed by atoms with van der Waals surface area (Å²) >= 11 is 6.16. The first-order valence-corrected chi connectivity index (χ1v) is 14.0. The van der Waals surface area contributed by atoms with Crippen LogP contribution in [0.2, 0.25) is 5.02 Å². The van der Waals surface area contributed by atoms with Crippen LogP contribution < -0.4 is 20.3 Å². The second-order valence-electron chi connectivity index (χ2n) is 9.60. The molecule has 2 aromatic carbocycles. The Kier molecular flexibility index (Phi) is 10.1. The van der Waals surface area contributed by atoms with Crippen LogP contribution in [0.3, 0.4) is 0 Å². The molecule has 4 rings (SSSR count). The van der Waals surface area contributed by atoms with Crippen molar-refractivity contribution in [2.75, 3.05) is 51.3 Å². The van der Waals surface area contributed by atoms with E-state index in [1.165, 1.54) is 12.1 Å². The molecule has 0 spiro atoms. The number of nitrogens with one attached hydrogen (secondary N) is 2. The van der Waals surface area contributed by atoms with Crippen LogP contribution in [0.15, 0.2) is 48.7 Å². The van der Waals surface area contributed by atoms with E-state index in [-0.39, 0.29) is 39.5 Å². The van der Waals surface area contributed by atoms with Gasteiger partial charge in [0.05, 0.1) is 28.4 Å². The molecule has 2 heterocycles. The monoisotopic (exact) mass is 585 g/mol. The molecule has 1 fully saturated rings. The number of ether oxygens (including phenoxy) is 1. The van der Waals surface area contributed by atoms with Gasteiger partial charge in [-0.25, -0.2) is 13.8 Å². The lowest BCUT2D eigenvalue weighted by molar-refractivity contribution is 0.0720. The number of pyridine rings is 1. The fourth-order valence-corrected chi connectivity index (χ4v) is 5.25. The maximum atomic E-state index is 16.4. The molecular formula is C30H34ClF2N5O3. The molecule has 1 saturated heterocycles. The standard InChI is InChI=1S/C30H34ClF2N5O3/c1-4-20-18-37(30(40)23-9-8-19(32)17-24(23)31)15-16-38(20)25-11-10-21(22-7-6-12-36-29(22)41-5-2)27(33)26(25)28(39)35-14-13-34-3/h6-12,17,20,34H,4-5,13-16,18H2,1-3H3,(H,35,39)/t20-/m1/s1. The number of halogens is 3. The van der Waals surface area contributed by atoms with Gasteiger partial charge in [0.15, 0.2) is 0 Å². The number of piperazine rings is 1. The maximum Gasteiger partial charge on any atom is 0.256 e. The van der Waals surface area contributed by atoms with Crippen molar-refractivity contribution in [2.24, 2.45) is 0 Å². The van der Waals surface area contributed by atoms with Crippen molar-refractivity contribution >= 4 is 29.1 Å². The second-order valence-corrected chi connectivity index (χ2v) is 10.0. The zero-order valence-corrected chi connectivity index (χ0v) is 24.1. The van der Waals surface area contributed by atoms with Crippen molar-refractivity contribution in [3.63, 3.8) is 0 Å². The minimum Gasteiger partial charge on any atom is -0.478 e. The minimum atomic E-state index is -0.676. The maximum absolute atomic E-state index is 16.4. The summed E-state index contributed by atoms with van der Waals surface area (Å²) in [5.41, 5.74) is 1.23. The number of anilines is 1. The number of carbonyl (C=O) groups excluding carboxylic acids is 2. The molecule has 8 nitrogen and oxygen atoms in total. The number of likely N-dealkylation sites (N-methyl/N-ethyl adjacent to an activating group) is 1. The Balaban J connectivity index is 1.70. The molecule has 0 bridgehead atoms. The number of hydrogen-bond donors (Lipinski definition) is 2. The van der Waals surface area contributed by atoms with E-state index in [9.17, 15) is 14.0 Å². The van der Waals surface area contributed by atoms with E-state index in [1.54, 1.807) is 42.4 Å². The molecule has 11 heteroatoms. The Morgan fingerprint density at radius 1 is 1.10 bits per heavy atom. The van der Waals surface area contributed by atoms with Crippen LogP contribution in [-0.2, 0) is 0 Å². The molecule has 0 saturated carbocycles. The normalized spacial score (nSPS) is 15.1. The number of benzene rings is 2. The van der Waals surface area contributed by atoms with Crippen molar-refractivity contribution in [3.8, 4) is 17.0 Å². The molecule has 3 aromatic rings. The number of carbonyl (C=O) groups is 2. The molecule has 0 unspecified atom stereocenters. The van der Waals surface area contributed by atoms with Crippen LogP contribution in [0.4, 0.5) is 14.5 Å². The van der Waals surface area contributed by atoms with Crippen LogP contribution in [0.1, 0.15) is 41.0 Å². The van der Waals surface area contributed by atoms with Gasteiger partial charge in [-0.15, -0.1) is 0 Å². The molecule has 1 aromatic heterocycles. The number of aromatic nitrogens is 1. The second kappa shape index (κ2) is 13.7. The van der Waals surface area contributed by atoms with Gasteiger partial charge in [0.1, 0.15) is 11.6 Å². The van der Waals surface area contributed by atoms with Crippen LogP contribution in [0, 0.1) is 11.6 Å². The van der Waals surface area contributed by atoms with Crippen molar-refractivity contribution in [1.82, 2.24) is 20.5 Å². The SMILES string of the molecule is CCOc1ncccc1-c1ccc(N2CCN(C(=O)c3ccc(F)cc3Cl)C[C@H]2CC)c(C(=O)NCCNC)c1F. The molecule has 1 aliphatic heterocycles. The Morgan fingerprint density at radius 2 is 1.90 bits per heavy atom. The lowest BCUT2D eigenvalue weighted by atomic mass is 9.98. The van der Waals surface area contributed by atoms with Gasteiger partial charge < -0.3 is 25.2 Å². The summed E-state index contributed by atoms with van der Waals surface area (Å²) in [5, 5.41) is 5.82. The highest BCUT2D eigenvalue weighted by atomic mass is 35.5. The molecule has 0 aliphatic carbocycles. The first-order chi connectivity index (χ1) is 19.8. The van der Waals surface area contributed by atoms with E-state index in [0.29, 0.717) is 57.0 Å². The summed E-state index contributed by atoms with van der Waals surface area (Å²) in [4.78, 5) is 34.6. The number of rotatable bonds is 10. The predicted octanol–water partition coefficient (Wildman–Crippen LogP) is 4.77. The van der Waals surface area contributed by atoms with E-state index in [0.717, 1.165) is 6.07 Å². The first kappa shape index (κ1) is 30.2. The number of amides is 2. The van der Waals surface area contributed by atoms with Gasteiger partial charge in [-0.1, -0.05) is 18.5 Å². The predicted molar refractivity (Wildman–Crippen MR) is 156 cm³/mol. The fraction of sp³-hybridized carbons (Fsp3) is 0.367.